The molecule has 1 aliphatic rings. The Labute approximate surface area is 141 Å². The zero-order valence-corrected chi connectivity index (χ0v) is 13.5. The van der Waals surface area contributed by atoms with Crippen molar-refractivity contribution in [3.63, 3.8) is 0 Å². The van der Waals surface area contributed by atoms with Crippen LogP contribution in [-0.4, -0.2) is 52.7 Å². The molecule has 8 heteroatoms. The van der Waals surface area contributed by atoms with Crippen molar-refractivity contribution in [2.45, 2.75) is 12.5 Å². The van der Waals surface area contributed by atoms with Gasteiger partial charge in [-0.3, -0.25) is 9.59 Å². The quantitative estimate of drug-likeness (QED) is 0.915. The minimum atomic E-state index is -0.986. The zero-order valence-electron chi connectivity index (χ0n) is 12.6. The smallest absolute Gasteiger partial charge is 0.305 e. The Morgan fingerprint density at radius 1 is 1.42 bits per heavy atom. The Hall–Kier alpha value is -2.32. The van der Waals surface area contributed by atoms with E-state index in [0.29, 0.717) is 28.6 Å². The normalized spacial score (nSPS) is 17.7. The number of thiazole rings is 1. The predicted molar refractivity (Wildman–Crippen MR) is 85.4 cm³/mol. The predicted octanol–water partition coefficient (Wildman–Crippen LogP) is 2.26. The summed E-state index contributed by atoms with van der Waals surface area (Å²) in [4.78, 5) is 29.6. The fourth-order valence-electron chi connectivity index (χ4n) is 2.57. The van der Waals surface area contributed by atoms with Crippen LogP contribution in [0, 0.1) is 5.82 Å². The topological polar surface area (TPSA) is 79.7 Å². The van der Waals surface area contributed by atoms with Gasteiger partial charge in [0.15, 0.2) is 0 Å². The standard InChI is InChI=1S/C16H15FN2O4S/c17-12-4-2-1-3-11(12)15-18-8-13(24-15)16(22)19-5-6-23-9-10(19)7-14(20)21/h1-4,8,10H,5-7,9H2,(H,20,21). The molecule has 0 radical (unpaired) electrons. The number of aliphatic carboxylic acids is 1. The van der Waals surface area contributed by atoms with Gasteiger partial charge in [-0.05, 0) is 12.1 Å². The fourth-order valence-corrected chi connectivity index (χ4v) is 3.47. The second-order valence-electron chi connectivity index (χ2n) is 5.33. The molecule has 24 heavy (non-hydrogen) atoms. The first kappa shape index (κ1) is 16.5. The minimum Gasteiger partial charge on any atom is -0.481 e. The Kier molecular flexibility index (Phi) is 4.86. The SMILES string of the molecule is O=C(O)CC1COCCN1C(=O)c1cnc(-c2ccccc2F)s1. The summed E-state index contributed by atoms with van der Waals surface area (Å²) in [5.74, 6) is -1.69. The van der Waals surface area contributed by atoms with Crippen LogP contribution in [0.15, 0.2) is 30.5 Å². The van der Waals surface area contributed by atoms with Gasteiger partial charge in [-0.1, -0.05) is 12.1 Å². The summed E-state index contributed by atoms with van der Waals surface area (Å²) in [6.07, 6.45) is 1.23. The molecule has 0 bridgehead atoms. The molecule has 1 N–H and O–H groups in total. The molecule has 1 aliphatic heterocycles. The summed E-state index contributed by atoms with van der Waals surface area (Å²) in [7, 11) is 0. The van der Waals surface area contributed by atoms with E-state index in [1.165, 1.54) is 17.2 Å². The molecule has 1 atom stereocenters. The van der Waals surface area contributed by atoms with Crippen molar-refractivity contribution < 1.29 is 23.8 Å². The number of carbonyl (C=O) groups excluding carboxylic acids is 1. The minimum absolute atomic E-state index is 0.176. The molecule has 1 unspecified atom stereocenters. The number of amides is 1. The number of carbonyl (C=O) groups is 2. The largest absolute Gasteiger partial charge is 0.481 e. The second-order valence-corrected chi connectivity index (χ2v) is 6.37. The lowest BCUT2D eigenvalue weighted by molar-refractivity contribution is -0.139. The number of nitrogens with zero attached hydrogens (tertiary/aromatic N) is 2. The van der Waals surface area contributed by atoms with Crippen LogP contribution < -0.4 is 0 Å². The molecule has 1 amide bonds. The second kappa shape index (κ2) is 7.06. The van der Waals surface area contributed by atoms with E-state index in [-0.39, 0.29) is 18.9 Å². The number of aromatic nitrogens is 1. The molecule has 1 saturated heterocycles. The van der Waals surface area contributed by atoms with Crippen molar-refractivity contribution in [2.24, 2.45) is 0 Å². The molecule has 3 rings (SSSR count). The summed E-state index contributed by atoms with van der Waals surface area (Å²) in [6, 6.07) is 5.71. The van der Waals surface area contributed by atoms with Crippen molar-refractivity contribution in [1.82, 2.24) is 9.88 Å². The highest BCUT2D eigenvalue weighted by Gasteiger charge is 2.31. The maximum atomic E-state index is 13.8. The molecule has 1 aromatic heterocycles. The van der Waals surface area contributed by atoms with E-state index in [1.807, 2.05) is 0 Å². The van der Waals surface area contributed by atoms with Crippen LogP contribution in [-0.2, 0) is 9.53 Å². The number of benzene rings is 1. The summed E-state index contributed by atoms with van der Waals surface area (Å²) >= 11 is 1.09. The van der Waals surface area contributed by atoms with Gasteiger partial charge in [-0.2, -0.15) is 0 Å². The molecule has 0 aliphatic carbocycles. The van der Waals surface area contributed by atoms with Gasteiger partial charge < -0.3 is 14.7 Å². The molecule has 2 aromatic rings. The first-order valence-electron chi connectivity index (χ1n) is 7.37. The van der Waals surface area contributed by atoms with Gasteiger partial charge >= 0.3 is 5.97 Å². The third-order valence-corrected chi connectivity index (χ3v) is 4.74. The summed E-state index contributed by atoms with van der Waals surface area (Å²) in [5.41, 5.74) is 0.339. The Morgan fingerprint density at radius 3 is 2.96 bits per heavy atom. The highest BCUT2D eigenvalue weighted by molar-refractivity contribution is 7.16. The Balaban J connectivity index is 1.82. The van der Waals surface area contributed by atoms with Crippen molar-refractivity contribution in [3.8, 4) is 10.6 Å². The maximum absolute atomic E-state index is 13.8. The zero-order chi connectivity index (χ0) is 17.1. The van der Waals surface area contributed by atoms with Crippen LogP contribution in [0.5, 0.6) is 0 Å². The van der Waals surface area contributed by atoms with E-state index in [4.69, 9.17) is 9.84 Å². The van der Waals surface area contributed by atoms with Gasteiger partial charge in [0, 0.05) is 12.1 Å². The number of hydrogen-bond donors (Lipinski definition) is 1. The first-order chi connectivity index (χ1) is 11.6. The lowest BCUT2D eigenvalue weighted by atomic mass is 10.1. The Morgan fingerprint density at radius 2 is 2.21 bits per heavy atom. The van der Waals surface area contributed by atoms with Gasteiger partial charge in [-0.15, -0.1) is 11.3 Å². The summed E-state index contributed by atoms with van der Waals surface area (Å²) in [5, 5.41) is 9.39. The van der Waals surface area contributed by atoms with Gasteiger partial charge in [-0.25, -0.2) is 9.37 Å². The molecule has 6 nitrogen and oxygen atoms in total. The molecule has 2 heterocycles. The number of carboxylic acid groups (broad SMARTS) is 1. The third kappa shape index (κ3) is 3.44. The number of hydrogen-bond acceptors (Lipinski definition) is 5. The van der Waals surface area contributed by atoms with E-state index >= 15 is 0 Å². The fraction of sp³-hybridized carbons (Fsp3) is 0.312. The van der Waals surface area contributed by atoms with E-state index < -0.39 is 17.8 Å². The molecule has 126 valence electrons. The van der Waals surface area contributed by atoms with Crippen LogP contribution in [0.25, 0.3) is 10.6 Å². The van der Waals surface area contributed by atoms with Crippen molar-refractivity contribution in [2.75, 3.05) is 19.8 Å². The summed E-state index contributed by atoms with van der Waals surface area (Å²) in [6.45, 7) is 0.877. The number of ether oxygens (including phenoxy) is 1. The number of halogens is 1. The molecule has 0 spiro atoms. The first-order valence-corrected chi connectivity index (χ1v) is 8.19. The lowest BCUT2D eigenvalue weighted by Gasteiger charge is -2.34. The van der Waals surface area contributed by atoms with Crippen LogP contribution in [0.2, 0.25) is 0 Å². The molecule has 1 aromatic carbocycles. The van der Waals surface area contributed by atoms with Crippen LogP contribution in [0.4, 0.5) is 4.39 Å². The van der Waals surface area contributed by atoms with Crippen molar-refractivity contribution in [3.05, 3.63) is 41.2 Å². The van der Waals surface area contributed by atoms with Crippen molar-refractivity contribution >= 4 is 23.2 Å². The molecule has 1 fully saturated rings. The lowest BCUT2D eigenvalue weighted by Crippen LogP contribution is -2.49. The number of carboxylic acids is 1. The average Bonchev–Trinajstić information content (AvgIpc) is 3.04. The molecular weight excluding hydrogens is 335 g/mol. The van der Waals surface area contributed by atoms with Crippen LogP contribution in [0.1, 0.15) is 16.1 Å². The van der Waals surface area contributed by atoms with Crippen LogP contribution in [0.3, 0.4) is 0 Å². The van der Waals surface area contributed by atoms with Gasteiger partial charge in [0.05, 0.1) is 31.9 Å². The molecule has 0 saturated carbocycles. The van der Waals surface area contributed by atoms with E-state index in [2.05, 4.69) is 4.98 Å². The maximum Gasteiger partial charge on any atom is 0.305 e. The number of morpholine rings is 1. The molecular formula is C16H15FN2O4S. The van der Waals surface area contributed by atoms with E-state index in [0.717, 1.165) is 11.3 Å². The van der Waals surface area contributed by atoms with E-state index in [1.54, 1.807) is 18.2 Å². The van der Waals surface area contributed by atoms with Crippen molar-refractivity contribution in [1.29, 1.82) is 0 Å². The van der Waals surface area contributed by atoms with Crippen LogP contribution >= 0.6 is 11.3 Å². The van der Waals surface area contributed by atoms with E-state index in [9.17, 15) is 14.0 Å². The average molecular weight is 350 g/mol. The van der Waals surface area contributed by atoms with Gasteiger partial charge in [0.1, 0.15) is 15.7 Å². The third-order valence-electron chi connectivity index (χ3n) is 3.72. The number of rotatable bonds is 4. The van der Waals surface area contributed by atoms with Gasteiger partial charge in [0.25, 0.3) is 5.91 Å². The van der Waals surface area contributed by atoms with Gasteiger partial charge in [0.2, 0.25) is 0 Å². The highest BCUT2D eigenvalue weighted by atomic mass is 32.1. The highest BCUT2D eigenvalue weighted by Crippen LogP contribution is 2.28. The Bertz CT molecular complexity index is 764. The summed E-state index contributed by atoms with van der Waals surface area (Å²) < 4.78 is 19.1. The monoisotopic (exact) mass is 350 g/mol.